The Bertz CT molecular complexity index is 3440. The van der Waals surface area contributed by atoms with Crippen LogP contribution in [-0.4, -0.2) is 21.1 Å². The maximum Gasteiger partial charge on any atom is 0.389 e. The van der Waals surface area contributed by atoms with Crippen molar-refractivity contribution in [3.05, 3.63) is 258 Å². The van der Waals surface area contributed by atoms with Gasteiger partial charge in [-0.1, -0.05) is 133 Å². The second-order valence-electron chi connectivity index (χ2n) is 18.3. The summed E-state index contributed by atoms with van der Waals surface area (Å²) in [7, 11) is 0. The molecule has 3 aromatic heterocycles. The Kier molecular flexibility index (Phi) is 14.4. The minimum absolute atomic E-state index is 0.195. The van der Waals surface area contributed by atoms with Crippen LogP contribution in [0.1, 0.15) is 34.2 Å². The molecule has 0 N–H and O–H groups in total. The summed E-state index contributed by atoms with van der Waals surface area (Å²) in [6, 6.07) is 56.1. The SMILES string of the molecule is Fc1ccc(-c2ccc(CCc3cc(CCc4ccc(-c5ccc(F)cc5F)nc4)cc(-c4ccc(CCC(F)(F)F)cc4-c4cnc(-c5ccccc5)cc4-c4ccc(-c5ccccc5)cc4)c3)cn2)c(F)c1. The molecule has 0 aliphatic heterocycles. The second kappa shape index (κ2) is 21.7. The van der Waals surface area contributed by atoms with E-state index in [9.17, 15) is 30.7 Å². The van der Waals surface area contributed by atoms with Crippen LogP contribution < -0.4 is 0 Å². The molecule has 0 saturated carbocycles. The Morgan fingerprint density at radius 2 is 0.784 bits per heavy atom. The average Bonchev–Trinajstić information content (AvgIpc) is 3.42. The first-order chi connectivity index (χ1) is 35.9. The summed E-state index contributed by atoms with van der Waals surface area (Å²) in [6.07, 6.45) is 1.97. The standard InChI is InChI=1S/C64H46F7N3/c65-51-22-25-54(59(67)35-51)61-27-16-42(38-72-61)11-13-44-31-45(14-12-43-17-28-62(73-39-43)55-26-23-52(66)36-60(55)68)33-50(32-44)53-24-15-41(29-30-64(69,70)71)34-57(53)58-40-74-63(49-9-5-2-6-10-49)37-56(58)48-20-18-47(19-21-48)46-7-3-1-4-8-46/h1-10,15-28,31-40H,11-14,29-30H2. The van der Waals surface area contributed by atoms with Crippen LogP contribution in [0.5, 0.6) is 0 Å². The van der Waals surface area contributed by atoms with Crippen molar-refractivity contribution in [3.8, 4) is 78.3 Å². The molecule has 366 valence electrons. The lowest BCUT2D eigenvalue weighted by Crippen LogP contribution is -2.08. The van der Waals surface area contributed by atoms with E-state index in [1.807, 2.05) is 85.1 Å². The van der Waals surface area contributed by atoms with Crippen LogP contribution in [-0.2, 0) is 32.1 Å². The average molecular weight is 990 g/mol. The third-order valence-electron chi connectivity index (χ3n) is 13.2. The Labute approximate surface area is 424 Å². The summed E-state index contributed by atoms with van der Waals surface area (Å²) in [5.74, 6) is -2.75. The van der Waals surface area contributed by atoms with Crippen molar-refractivity contribution in [1.29, 1.82) is 0 Å². The van der Waals surface area contributed by atoms with Crippen molar-refractivity contribution in [2.75, 3.05) is 0 Å². The van der Waals surface area contributed by atoms with Gasteiger partial charge >= 0.3 is 6.18 Å². The number of pyridine rings is 3. The summed E-state index contributed by atoms with van der Waals surface area (Å²) >= 11 is 0. The van der Waals surface area contributed by atoms with E-state index in [0.717, 1.165) is 90.2 Å². The van der Waals surface area contributed by atoms with Gasteiger partial charge in [0.2, 0.25) is 0 Å². The Balaban J connectivity index is 1.06. The fourth-order valence-corrected chi connectivity index (χ4v) is 9.30. The predicted molar refractivity (Wildman–Crippen MR) is 280 cm³/mol. The predicted octanol–water partition coefficient (Wildman–Crippen LogP) is 17.2. The third-order valence-corrected chi connectivity index (χ3v) is 13.2. The van der Waals surface area contributed by atoms with Gasteiger partial charge in [0.25, 0.3) is 0 Å². The molecule has 0 unspecified atom stereocenters. The third kappa shape index (κ3) is 11.7. The van der Waals surface area contributed by atoms with Crippen LogP contribution in [0.4, 0.5) is 30.7 Å². The van der Waals surface area contributed by atoms with Crippen LogP contribution >= 0.6 is 0 Å². The first-order valence-corrected chi connectivity index (χ1v) is 24.2. The first kappa shape index (κ1) is 49.1. The number of alkyl halides is 3. The van der Waals surface area contributed by atoms with Gasteiger partial charge in [-0.2, -0.15) is 13.2 Å². The minimum Gasteiger partial charge on any atom is -0.256 e. The zero-order chi connectivity index (χ0) is 51.2. The number of halogens is 7. The number of benzene rings is 7. The van der Waals surface area contributed by atoms with E-state index < -0.39 is 35.9 Å². The number of aromatic nitrogens is 3. The lowest BCUT2D eigenvalue weighted by atomic mass is 9.86. The van der Waals surface area contributed by atoms with Gasteiger partial charge in [-0.3, -0.25) is 15.0 Å². The van der Waals surface area contributed by atoms with Crippen molar-refractivity contribution in [1.82, 2.24) is 15.0 Å². The van der Waals surface area contributed by atoms with Gasteiger partial charge in [0, 0.05) is 59.4 Å². The summed E-state index contributed by atoms with van der Waals surface area (Å²) in [6.45, 7) is 0. The molecule has 3 heterocycles. The van der Waals surface area contributed by atoms with Gasteiger partial charge in [0.05, 0.1) is 17.1 Å². The number of aryl methyl sites for hydroxylation is 5. The van der Waals surface area contributed by atoms with E-state index in [0.29, 0.717) is 42.6 Å². The maximum atomic E-state index is 14.7. The van der Waals surface area contributed by atoms with Crippen molar-refractivity contribution in [2.24, 2.45) is 0 Å². The zero-order valence-electron chi connectivity index (χ0n) is 39.9. The molecular weight excluding hydrogens is 944 g/mol. The van der Waals surface area contributed by atoms with E-state index in [2.05, 4.69) is 64.6 Å². The van der Waals surface area contributed by atoms with Crippen LogP contribution in [0.15, 0.2) is 207 Å². The summed E-state index contributed by atoms with van der Waals surface area (Å²) in [5.41, 5.74) is 14.1. The molecule has 74 heavy (non-hydrogen) atoms. The minimum atomic E-state index is -4.35. The molecule has 10 heteroatoms. The molecule has 10 rings (SSSR count). The fraction of sp³-hybridized carbons (Fsp3) is 0.109. The highest BCUT2D eigenvalue weighted by Crippen LogP contribution is 2.42. The topological polar surface area (TPSA) is 38.7 Å². The molecule has 0 spiro atoms. The summed E-state index contributed by atoms with van der Waals surface area (Å²) < 4.78 is 98.1. The van der Waals surface area contributed by atoms with Crippen molar-refractivity contribution >= 4 is 0 Å². The maximum absolute atomic E-state index is 14.7. The highest BCUT2D eigenvalue weighted by atomic mass is 19.4. The van der Waals surface area contributed by atoms with E-state index in [1.165, 1.54) is 24.3 Å². The quantitative estimate of drug-likeness (QED) is 0.0961. The molecular formula is C64H46F7N3. The fourth-order valence-electron chi connectivity index (χ4n) is 9.30. The smallest absolute Gasteiger partial charge is 0.256 e. The number of rotatable bonds is 15. The van der Waals surface area contributed by atoms with E-state index in [1.54, 1.807) is 30.6 Å². The first-order valence-electron chi connectivity index (χ1n) is 24.2. The monoisotopic (exact) mass is 989 g/mol. The van der Waals surface area contributed by atoms with Gasteiger partial charge in [-0.05, 0) is 141 Å². The summed E-state index contributed by atoms with van der Waals surface area (Å²) in [5, 5.41) is 0. The van der Waals surface area contributed by atoms with Crippen molar-refractivity contribution in [3.63, 3.8) is 0 Å². The van der Waals surface area contributed by atoms with E-state index in [4.69, 9.17) is 4.98 Å². The largest absolute Gasteiger partial charge is 0.389 e. The molecule has 0 amide bonds. The number of nitrogens with zero attached hydrogens (tertiary/aromatic N) is 3. The molecule has 7 aromatic carbocycles. The van der Waals surface area contributed by atoms with Crippen molar-refractivity contribution < 1.29 is 30.7 Å². The molecule has 0 saturated heterocycles. The molecule has 0 aliphatic rings. The Morgan fingerprint density at radius 1 is 0.297 bits per heavy atom. The number of hydrogen-bond acceptors (Lipinski definition) is 3. The zero-order valence-corrected chi connectivity index (χ0v) is 39.9. The normalized spacial score (nSPS) is 11.5. The van der Waals surface area contributed by atoms with Crippen LogP contribution in [0.2, 0.25) is 0 Å². The van der Waals surface area contributed by atoms with Gasteiger partial charge < -0.3 is 0 Å². The van der Waals surface area contributed by atoms with E-state index >= 15 is 0 Å². The lowest BCUT2D eigenvalue weighted by molar-refractivity contribution is -0.134. The van der Waals surface area contributed by atoms with Gasteiger partial charge in [0.15, 0.2) is 0 Å². The van der Waals surface area contributed by atoms with Crippen molar-refractivity contribution in [2.45, 2.75) is 44.7 Å². The van der Waals surface area contributed by atoms with Crippen LogP contribution in [0.3, 0.4) is 0 Å². The van der Waals surface area contributed by atoms with Gasteiger partial charge in [-0.25, -0.2) is 17.6 Å². The Hall–Kier alpha value is -8.50. The second-order valence-corrected chi connectivity index (χ2v) is 18.3. The van der Waals surface area contributed by atoms with Gasteiger partial charge in [-0.15, -0.1) is 0 Å². The summed E-state index contributed by atoms with van der Waals surface area (Å²) in [4.78, 5) is 14.0. The van der Waals surface area contributed by atoms with E-state index in [-0.39, 0.29) is 17.5 Å². The molecule has 0 atom stereocenters. The highest BCUT2D eigenvalue weighted by molar-refractivity contribution is 5.93. The molecule has 0 aliphatic carbocycles. The van der Waals surface area contributed by atoms with Crippen LogP contribution in [0.25, 0.3) is 78.3 Å². The molecule has 10 aromatic rings. The highest BCUT2D eigenvalue weighted by Gasteiger charge is 2.27. The number of hydrogen-bond donors (Lipinski definition) is 0. The molecule has 0 radical (unpaired) electrons. The Morgan fingerprint density at radius 3 is 1.31 bits per heavy atom. The lowest BCUT2D eigenvalue weighted by Gasteiger charge is -2.19. The molecule has 0 fully saturated rings. The van der Waals surface area contributed by atoms with Gasteiger partial charge in [0.1, 0.15) is 23.3 Å². The molecule has 3 nitrogen and oxygen atoms in total. The molecule has 0 bridgehead atoms. The van der Waals surface area contributed by atoms with Crippen LogP contribution in [0, 0.1) is 23.3 Å².